The van der Waals surface area contributed by atoms with Crippen LogP contribution >= 0.6 is 11.8 Å². The van der Waals surface area contributed by atoms with Crippen LogP contribution in [0.25, 0.3) is 0 Å². The van der Waals surface area contributed by atoms with Gasteiger partial charge in [0.15, 0.2) is 5.17 Å². The van der Waals surface area contributed by atoms with Crippen LogP contribution in [-0.4, -0.2) is 18.5 Å². The van der Waals surface area contributed by atoms with Crippen molar-refractivity contribution in [3.05, 3.63) is 29.8 Å². The fourth-order valence-electron chi connectivity index (χ4n) is 1.09. The number of rotatable bonds is 1. The highest BCUT2D eigenvalue weighted by molar-refractivity contribution is 8.13. The van der Waals surface area contributed by atoms with Crippen LogP contribution in [0.15, 0.2) is 29.3 Å². The molecule has 0 aromatic heterocycles. The van der Waals surface area contributed by atoms with E-state index in [1.54, 1.807) is 19.4 Å². The Balaban J connectivity index is 2.91. The third-order valence-corrected chi connectivity index (χ3v) is 2.51. The second kappa shape index (κ2) is 5.25. The van der Waals surface area contributed by atoms with Gasteiger partial charge in [0.25, 0.3) is 0 Å². The van der Waals surface area contributed by atoms with E-state index < -0.39 is 11.7 Å². The number of thioether (sulfide) groups is 1. The lowest BCUT2D eigenvalue weighted by Crippen LogP contribution is -2.09. The van der Waals surface area contributed by atoms with Gasteiger partial charge in [-0.3, -0.25) is 4.99 Å². The van der Waals surface area contributed by atoms with E-state index in [4.69, 9.17) is 0 Å². The first-order valence-corrected chi connectivity index (χ1v) is 5.65. The maximum absolute atomic E-state index is 12.4. The van der Waals surface area contributed by atoms with E-state index in [0.29, 0.717) is 10.9 Å². The van der Waals surface area contributed by atoms with Crippen molar-refractivity contribution in [2.45, 2.75) is 6.18 Å². The van der Waals surface area contributed by atoms with Crippen LogP contribution in [0.1, 0.15) is 5.56 Å². The molecule has 0 unspecified atom stereocenters. The Hall–Kier alpha value is -1.17. The number of halogens is 3. The zero-order valence-electron chi connectivity index (χ0n) is 8.80. The summed E-state index contributed by atoms with van der Waals surface area (Å²) in [7, 11) is 1.58. The van der Waals surface area contributed by atoms with Gasteiger partial charge in [0.05, 0.1) is 5.56 Å². The molecule has 88 valence electrons. The van der Waals surface area contributed by atoms with Gasteiger partial charge in [0.2, 0.25) is 0 Å². The molecule has 0 aliphatic heterocycles. The maximum Gasteiger partial charge on any atom is 0.416 e. The van der Waals surface area contributed by atoms with E-state index >= 15 is 0 Å². The van der Waals surface area contributed by atoms with Crippen LogP contribution in [0.5, 0.6) is 0 Å². The second-order valence-electron chi connectivity index (χ2n) is 2.94. The largest absolute Gasteiger partial charge is 0.416 e. The molecular weight excluding hydrogens is 237 g/mol. The van der Waals surface area contributed by atoms with E-state index in [9.17, 15) is 13.2 Å². The molecule has 1 N–H and O–H groups in total. The summed E-state index contributed by atoms with van der Waals surface area (Å²) in [6.07, 6.45) is -2.52. The molecule has 0 atom stereocenters. The highest BCUT2D eigenvalue weighted by Gasteiger charge is 2.30. The summed E-state index contributed by atoms with van der Waals surface area (Å²) in [5.41, 5.74) is -0.293. The summed E-state index contributed by atoms with van der Waals surface area (Å²) >= 11 is 1.34. The number of hydrogen-bond donors (Lipinski definition) is 1. The highest BCUT2D eigenvalue weighted by Crippen LogP contribution is 2.30. The van der Waals surface area contributed by atoms with E-state index in [1.807, 2.05) is 0 Å². The minimum Gasteiger partial charge on any atom is -0.335 e. The van der Waals surface area contributed by atoms with Gasteiger partial charge in [0.1, 0.15) is 0 Å². The van der Waals surface area contributed by atoms with Crippen molar-refractivity contribution < 1.29 is 13.2 Å². The van der Waals surface area contributed by atoms with Crippen molar-refractivity contribution >= 4 is 22.6 Å². The molecule has 16 heavy (non-hydrogen) atoms. The first kappa shape index (κ1) is 12.9. The SMILES string of the molecule is CN=C(Nc1cccc(C(F)(F)F)c1)SC. The van der Waals surface area contributed by atoms with Crippen molar-refractivity contribution in [3.63, 3.8) is 0 Å². The molecule has 1 rings (SSSR count). The lowest BCUT2D eigenvalue weighted by atomic mass is 10.2. The van der Waals surface area contributed by atoms with Crippen molar-refractivity contribution in [1.29, 1.82) is 0 Å². The second-order valence-corrected chi connectivity index (χ2v) is 3.73. The number of alkyl halides is 3. The lowest BCUT2D eigenvalue weighted by molar-refractivity contribution is -0.137. The third kappa shape index (κ3) is 3.44. The van der Waals surface area contributed by atoms with Gasteiger partial charge in [-0.2, -0.15) is 13.2 Å². The molecule has 0 spiro atoms. The summed E-state index contributed by atoms with van der Waals surface area (Å²) in [4.78, 5) is 3.88. The van der Waals surface area contributed by atoms with E-state index in [1.165, 1.54) is 17.8 Å². The fraction of sp³-hybridized carbons (Fsp3) is 0.300. The van der Waals surface area contributed by atoms with Crippen LogP contribution in [0.4, 0.5) is 18.9 Å². The van der Waals surface area contributed by atoms with Gasteiger partial charge in [0, 0.05) is 12.7 Å². The summed E-state index contributed by atoms with van der Waals surface area (Å²) in [6, 6.07) is 5.02. The molecule has 0 fully saturated rings. The van der Waals surface area contributed by atoms with Crippen LogP contribution in [-0.2, 0) is 6.18 Å². The Kier molecular flexibility index (Phi) is 4.23. The van der Waals surface area contributed by atoms with Crippen LogP contribution in [0.2, 0.25) is 0 Å². The molecular formula is C10H11F3N2S. The van der Waals surface area contributed by atoms with Gasteiger partial charge in [-0.15, -0.1) is 0 Å². The predicted octanol–water partition coefficient (Wildman–Crippen LogP) is 3.47. The molecule has 0 amide bonds. The van der Waals surface area contributed by atoms with Gasteiger partial charge >= 0.3 is 6.18 Å². The topological polar surface area (TPSA) is 24.4 Å². The van der Waals surface area contributed by atoms with Crippen molar-refractivity contribution in [2.24, 2.45) is 4.99 Å². The highest BCUT2D eigenvalue weighted by atomic mass is 32.2. The van der Waals surface area contributed by atoms with Crippen LogP contribution in [0, 0.1) is 0 Å². The summed E-state index contributed by atoms with van der Waals surface area (Å²) < 4.78 is 37.2. The normalized spacial score (nSPS) is 12.7. The summed E-state index contributed by atoms with van der Waals surface area (Å²) in [5, 5.41) is 3.37. The van der Waals surface area contributed by atoms with E-state index in [-0.39, 0.29) is 0 Å². The molecule has 0 aliphatic rings. The van der Waals surface area contributed by atoms with E-state index in [2.05, 4.69) is 10.3 Å². The number of nitrogens with zero attached hydrogens (tertiary/aromatic N) is 1. The van der Waals surface area contributed by atoms with Gasteiger partial charge in [-0.1, -0.05) is 17.8 Å². The Morgan fingerprint density at radius 2 is 2.06 bits per heavy atom. The molecule has 0 heterocycles. The van der Waals surface area contributed by atoms with Crippen molar-refractivity contribution in [1.82, 2.24) is 0 Å². The number of amidine groups is 1. The number of hydrogen-bond acceptors (Lipinski definition) is 2. The standard InChI is InChI=1S/C10H11F3N2S/c1-14-9(16-2)15-8-5-3-4-7(6-8)10(11,12)13/h3-6H,1-2H3,(H,14,15). The summed E-state index contributed by atoms with van der Waals surface area (Å²) in [5.74, 6) is 0. The average molecular weight is 248 g/mol. The Morgan fingerprint density at radius 3 is 2.56 bits per heavy atom. The fourth-order valence-corrected chi connectivity index (χ4v) is 1.50. The molecule has 6 heteroatoms. The predicted molar refractivity (Wildman–Crippen MR) is 61.9 cm³/mol. The first-order chi connectivity index (χ1) is 7.47. The molecule has 0 saturated carbocycles. The third-order valence-electron chi connectivity index (χ3n) is 1.84. The molecule has 0 radical (unpaired) electrons. The molecule has 0 bridgehead atoms. The van der Waals surface area contributed by atoms with Crippen molar-refractivity contribution in [2.75, 3.05) is 18.6 Å². The maximum atomic E-state index is 12.4. The Labute approximate surface area is 96.0 Å². The van der Waals surface area contributed by atoms with E-state index in [0.717, 1.165) is 12.1 Å². The smallest absolute Gasteiger partial charge is 0.335 e. The quantitative estimate of drug-likeness (QED) is 0.608. The Morgan fingerprint density at radius 1 is 1.38 bits per heavy atom. The number of benzene rings is 1. The minimum atomic E-state index is -4.32. The van der Waals surface area contributed by atoms with Gasteiger partial charge in [-0.25, -0.2) is 0 Å². The Bertz CT molecular complexity index is 388. The molecule has 0 saturated heterocycles. The number of anilines is 1. The first-order valence-electron chi connectivity index (χ1n) is 4.42. The monoisotopic (exact) mass is 248 g/mol. The zero-order valence-corrected chi connectivity index (χ0v) is 9.62. The average Bonchev–Trinajstić information content (AvgIpc) is 2.25. The molecule has 1 aromatic carbocycles. The van der Waals surface area contributed by atoms with Crippen molar-refractivity contribution in [3.8, 4) is 0 Å². The zero-order chi connectivity index (χ0) is 12.2. The minimum absolute atomic E-state index is 0.379. The van der Waals surface area contributed by atoms with Crippen LogP contribution in [0.3, 0.4) is 0 Å². The number of aliphatic imine (C=N–C) groups is 1. The van der Waals surface area contributed by atoms with Gasteiger partial charge in [-0.05, 0) is 24.5 Å². The molecule has 2 nitrogen and oxygen atoms in total. The molecule has 1 aromatic rings. The molecule has 0 aliphatic carbocycles. The number of nitrogens with one attached hydrogen (secondary N) is 1. The summed E-state index contributed by atoms with van der Waals surface area (Å²) in [6.45, 7) is 0. The lowest BCUT2D eigenvalue weighted by Gasteiger charge is -2.10. The van der Waals surface area contributed by atoms with Crippen LogP contribution < -0.4 is 5.32 Å². The van der Waals surface area contributed by atoms with Gasteiger partial charge < -0.3 is 5.32 Å².